The van der Waals surface area contributed by atoms with Gasteiger partial charge in [0.2, 0.25) is 0 Å². The summed E-state index contributed by atoms with van der Waals surface area (Å²) in [4.78, 5) is 1.09. The summed E-state index contributed by atoms with van der Waals surface area (Å²) in [5.74, 6) is 0.792. The van der Waals surface area contributed by atoms with E-state index in [2.05, 4.69) is 15.9 Å². The van der Waals surface area contributed by atoms with E-state index in [1.165, 1.54) is 12.8 Å². The van der Waals surface area contributed by atoms with Crippen LogP contribution in [0.15, 0.2) is 15.9 Å². The van der Waals surface area contributed by atoms with Crippen molar-refractivity contribution in [3.8, 4) is 0 Å². The van der Waals surface area contributed by atoms with Gasteiger partial charge >= 0.3 is 0 Å². The lowest BCUT2D eigenvalue weighted by Gasteiger charge is -2.05. The van der Waals surface area contributed by atoms with Crippen molar-refractivity contribution in [2.45, 2.75) is 25.4 Å². The first-order valence-corrected chi connectivity index (χ1v) is 5.85. The maximum absolute atomic E-state index is 9.73. The van der Waals surface area contributed by atoms with Crippen molar-refractivity contribution in [1.82, 2.24) is 0 Å². The summed E-state index contributed by atoms with van der Waals surface area (Å²) >= 11 is 5.01. The molecule has 2 rings (SSSR count). The molecule has 0 radical (unpaired) electrons. The van der Waals surface area contributed by atoms with Crippen LogP contribution in [0.3, 0.4) is 0 Å². The van der Waals surface area contributed by atoms with E-state index in [0.717, 1.165) is 21.7 Å². The number of thiophene rings is 1. The lowest BCUT2D eigenvalue weighted by Crippen LogP contribution is -1.94. The van der Waals surface area contributed by atoms with Gasteiger partial charge in [-0.2, -0.15) is 0 Å². The number of halogens is 1. The van der Waals surface area contributed by atoms with Crippen molar-refractivity contribution in [3.05, 3.63) is 20.8 Å². The third kappa shape index (κ3) is 2.09. The maximum Gasteiger partial charge on any atom is 0.0885 e. The summed E-state index contributed by atoms with van der Waals surface area (Å²) in [6.07, 6.45) is 3.34. The van der Waals surface area contributed by atoms with E-state index >= 15 is 0 Å². The zero-order valence-electron chi connectivity index (χ0n) is 6.66. The molecule has 0 aromatic carbocycles. The van der Waals surface area contributed by atoms with E-state index < -0.39 is 0 Å². The third-order valence-electron chi connectivity index (χ3n) is 2.17. The second-order valence-corrected chi connectivity index (χ2v) is 5.22. The highest BCUT2D eigenvalue weighted by Crippen LogP contribution is 2.39. The van der Waals surface area contributed by atoms with Crippen LogP contribution in [0, 0.1) is 5.92 Å². The number of rotatable bonds is 3. The van der Waals surface area contributed by atoms with Gasteiger partial charge in [0.15, 0.2) is 0 Å². The van der Waals surface area contributed by atoms with Crippen LogP contribution in [-0.2, 0) is 0 Å². The Bertz CT molecular complexity index is 267. The van der Waals surface area contributed by atoms with Gasteiger partial charge in [-0.05, 0) is 34.3 Å². The number of aliphatic hydroxyl groups is 1. The van der Waals surface area contributed by atoms with E-state index in [1.54, 1.807) is 11.3 Å². The number of hydrogen-bond donors (Lipinski definition) is 1. The van der Waals surface area contributed by atoms with Crippen molar-refractivity contribution < 1.29 is 5.11 Å². The zero-order chi connectivity index (χ0) is 8.55. The molecule has 1 aromatic rings. The van der Waals surface area contributed by atoms with E-state index in [-0.39, 0.29) is 6.10 Å². The minimum absolute atomic E-state index is 0.228. The van der Waals surface area contributed by atoms with Crippen LogP contribution in [0.2, 0.25) is 0 Å². The van der Waals surface area contributed by atoms with Gasteiger partial charge in [-0.15, -0.1) is 11.3 Å². The van der Waals surface area contributed by atoms with Crippen LogP contribution in [0.5, 0.6) is 0 Å². The van der Waals surface area contributed by atoms with Gasteiger partial charge in [-0.3, -0.25) is 0 Å². The molecule has 1 atom stereocenters. The fraction of sp³-hybridized carbons (Fsp3) is 0.556. The normalized spacial score (nSPS) is 19.5. The average molecular weight is 247 g/mol. The summed E-state index contributed by atoms with van der Waals surface area (Å²) < 4.78 is 1.08. The molecule has 0 amide bonds. The minimum Gasteiger partial charge on any atom is -0.388 e. The Kier molecular flexibility index (Phi) is 2.53. The molecular weight excluding hydrogens is 236 g/mol. The monoisotopic (exact) mass is 246 g/mol. The van der Waals surface area contributed by atoms with Gasteiger partial charge in [0.05, 0.1) is 6.10 Å². The first-order chi connectivity index (χ1) is 5.75. The predicted molar refractivity (Wildman–Crippen MR) is 54.3 cm³/mol. The Morgan fingerprint density at radius 2 is 2.42 bits per heavy atom. The number of aliphatic hydroxyl groups excluding tert-OH is 1. The lowest BCUT2D eigenvalue weighted by molar-refractivity contribution is 0.164. The molecule has 1 aliphatic carbocycles. The molecular formula is C9H11BrOS. The van der Waals surface area contributed by atoms with Gasteiger partial charge in [0.25, 0.3) is 0 Å². The fourth-order valence-electron chi connectivity index (χ4n) is 1.29. The fourth-order valence-corrected chi connectivity index (χ4v) is 2.73. The van der Waals surface area contributed by atoms with Crippen molar-refractivity contribution in [1.29, 1.82) is 0 Å². The average Bonchev–Trinajstić information content (AvgIpc) is 2.72. The minimum atomic E-state index is -0.228. The summed E-state index contributed by atoms with van der Waals surface area (Å²) in [6.45, 7) is 0. The predicted octanol–water partition coefficient (Wildman–Crippen LogP) is 3.34. The van der Waals surface area contributed by atoms with Crippen LogP contribution >= 0.6 is 27.3 Å². The molecule has 3 heteroatoms. The summed E-state index contributed by atoms with van der Waals surface area (Å²) in [5, 5.41) is 11.8. The third-order valence-corrected chi connectivity index (χ3v) is 3.96. The van der Waals surface area contributed by atoms with E-state index in [4.69, 9.17) is 0 Å². The van der Waals surface area contributed by atoms with Gasteiger partial charge in [0, 0.05) is 14.7 Å². The smallest absolute Gasteiger partial charge is 0.0885 e. The second kappa shape index (κ2) is 3.48. The zero-order valence-corrected chi connectivity index (χ0v) is 9.07. The van der Waals surface area contributed by atoms with Gasteiger partial charge in [0.1, 0.15) is 0 Å². The van der Waals surface area contributed by atoms with Crippen molar-refractivity contribution in [3.63, 3.8) is 0 Å². The van der Waals surface area contributed by atoms with Crippen LogP contribution in [0.25, 0.3) is 0 Å². The SMILES string of the molecule is OC(CC1CC1)c1cc(Br)cs1. The summed E-state index contributed by atoms with van der Waals surface area (Å²) in [7, 11) is 0. The van der Waals surface area contributed by atoms with Gasteiger partial charge in [-0.1, -0.05) is 12.8 Å². The highest BCUT2D eigenvalue weighted by molar-refractivity contribution is 9.10. The van der Waals surface area contributed by atoms with Gasteiger partial charge in [-0.25, -0.2) is 0 Å². The lowest BCUT2D eigenvalue weighted by atomic mass is 10.1. The molecule has 12 heavy (non-hydrogen) atoms. The van der Waals surface area contributed by atoms with E-state index in [9.17, 15) is 5.11 Å². The Labute approximate surface area is 84.6 Å². The van der Waals surface area contributed by atoms with Crippen LogP contribution < -0.4 is 0 Å². The van der Waals surface area contributed by atoms with E-state index in [0.29, 0.717) is 0 Å². The molecule has 0 spiro atoms. The maximum atomic E-state index is 9.73. The summed E-state index contributed by atoms with van der Waals surface area (Å²) in [5.41, 5.74) is 0. The molecule has 66 valence electrons. The van der Waals surface area contributed by atoms with Gasteiger partial charge < -0.3 is 5.11 Å². The topological polar surface area (TPSA) is 20.2 Å². The van der Waals surface area contributed by atoms with Crippen LogP contribution in [-0.4, -0.2) is 5.11 Å². The van der Waals surface area contributed by atoms with Crippen molar-refractivity contribution in [2.75, 3.05) is 0 Å². The van der Waals surface area contributed by atoms with Crippen molar-refractivity contribution in [2.24, 2.45) is 5.92 Å². The molecule has 1 aromatic heterocycles. The molecule has 0 saturated heterocycles. The Morgan fingerprint density at radius 1 is 1.67 bits per heavy atom. The second-order valence-electron chi connectivity index (χ2n) is 3.36. The highest BCUT2D eigenvalue weighted by Gasteiger charge is 2.25. The van der Waals surface area contributed by atoms with E-state index in [1.807, 2.05) is 11.4 Å². The Morgan fingerprint density at radius 3 is 2.92 bits per heavy atom. The van der Waals surface area contributed by atoms with Crippen molar-refractivity contribution >= 4 is 27.3 Å². The first kappa shape index (κ1) is 8.73. The molecule has 1 fully saturated rings. The molecule has 1 aliphatic rings. The van der Waals surface area contributed by atoms with Crippen LogP contribution in [0.1, 0.15) is 30.2 Å². The summed E-state index contributed by atoms with van der Waals surface area (Å²) in [6, 6.07) is 2.01. The molecule has 1 saturated carbocycles. The van der Waals surface area contributed by atoms with Crippen LogP contribution in [0.4, 0.5) is 0 Å². The highest BCUT2D eigenvalue weighted by atomic mass is 79.9. The molecule has 1 N–H and O–H groups in total. The Hall–Kier alpha value is 0.140. The standard InChI is InChI=1S/C9H11BrOS/c10-7-4-9(12-5-7)8(11)3-6-1-2-6/h4-6,8,11H,1-3H2. The molecule has 0 bridgehead atoms. The first-order valence-electron chi connectivity index (χ1n) is 4.17. The molecule has 1 heterocycles. The quantitative estimate of drug-likeness (QED) is 0.868. The largest absolute Gasteiger partial charge is 0.388 e. The number of hydrogen-bond acceptors (Lipinski definition) is 2. The molecule has 0 aliphatic heterocycles. The molecule has 1 nitrogen and oxygen atoms in total. The molecule has 1 unspecified atom stereocenters. The Balaban J connectivity index is 1.97.